The molecular formula is C18H24ClN5O. The first-order chi connectivity index (χ1) is 12.2. The highest BCUT2D eigenvalue weighted by atomic mass is 35.5. The second-order valence-corrected chi connectivity index (χ2v) is 6.78. The molecule has 0 bridgehead atoms. The van der Waals surface area contributed by atoms with Crippen molar-refractivity contribution in [2.75, 3.05) is 32.0 Å². The van der Waals surface area contributed by atoms with Gasteiger partial charge >= 0.3 is 0 Å². The third-order valence-corrected chi connectivity index (χ3v) is 4.91. The number of likely N-dealkylation sites (N-methyl/N-ethyl adjacent to an activating group) is 1. The van der Waals surface area contributed by atoms with E-state index in [0.717, 1.165) is 25.1 Å². The van der Waals surface area contributed by atoms with Crippen molar-refractivity contribution in [3.8, 4) is 0 Å². The Morgan fingerprint density at radius 1 is 1.36 bits per heavy atom. The SMILES string of the molecule is CNC1CCCN(CC(=O)Nc2ccnn2Cc2ccccc2Cl)C1. The Balaban J connectivity index is 1.59. The van der Waals surface area contributed by atoms with Crippen LogP contribution in [0.2, 0.25) is 5.02 Å². The van der Waals surface area contributed by atoms with Crippen LogP contribution < -0.4 is 10.6 Å². The summed E-state index contributed by atoms with van der Waals surface area (Å²) in [6.07, 6.45) is 3.97. The molecule has 1 aliphatic heterocycles. The fourth-order valence-electron chi connectivity index (χ4n) is 3.17. The quantitative estimate of drug-likeness (QED) is 0.828. The smallest absolute Gasteiger partial charge is 0.239 e. The minimum Gasteiger partial charge on any atom is -0.316 e. The molecule has 0 spiro atoms. The van der Waals surface area contributed by atoms with Gasteiger partial charge in [0.05, 0.1) is 19.3 Å². The normalized spacial score (nSPS) is 18.2. The van der Waals surface area contributed by atoms with Crippen molar-refractivity contribution in [1.82, 2.24) is 20.0 Å². The monoisotopic (exact) mass is 361 g/mol. The average Bonchev–Trinajstić information content (AvgIpc) is 3.03. The summed E-state index contributed by atoms with van der Waals surface area (Å²) in [5.74, 6) is 0.671. The first kappa shape index (κ1) is 17.9. The van der Waals surface area contributed by atoms with E-state index in [2.05, 4.69) is 20.6 Å². The summed E-state index contributed by atoms with van der Waals surface area (Å²) in [6, 6.07) is 9.93. The molecule has 0 aliphatic carbocycles. The molecule has 1 aromatic carbocycles. The summed E-state index contributed by atoms with van der Waals surface area (Å²) < 4.78 is 1.76. The largest absolute Gasteiger partial charge is 0.316 e. The highest BCUT2D eigenvalue weighted by Gasteiger charge is 2.20. The second-order valence-electron chi connectivity index (χ2n) is 6.38. The number of likely N-dealkylation sites (tertiary alicyclic amines) is 1. The van der Waals surface area contributed by atoms with E-state index in [0.29, 0.717) is 30.0 Å². The van der Waals surface area contributed by atoms with Crippen LogP contribution in [0.25, 0.3) is 0 Å². The molecule has 6 nitrogen and oxygen atoms in total. The maximum atomic E-state index is 12.4. The van der Waals surface area contributed by atoms with Gasteiger partial charge in [0.1, 0.15) is 5.82 Å². The van der Waals surface area contributed by atoms with Gasteiger partial charge in [-0.25, -0.2) is 4.68 Å². The average molecular weight is 362 g/mol. The number of hydrogen-bond donors (Lipinski definition) is 2. The Morgan fingerprint density at radius 2 is 2.20 bits per heavy atom. The van der Waals surface area contributed by atoms with Gasteiger partial charge in [0.15, 0.2) is 0 Å². The predicted octanol–water partition coefficient (Wildman–Crippen LogP) is 2.21. The molecule has 0 saturated carbocycles. The number of nitrogens with one attached hydrogen (secondary N) is 2. The van der Waals surface area contributed by atoms with E-state index in [-0.39, 0.29) is 5.91 Å². The van der Waals surface area contributed by atoms with E-state index in [9.17, 15) is 4.79 Å². The summed E-state index contributed by atoms with van der Waals surface area (Å²) in [5, 5.41) is 11.3. The number of aromatic nitrogens is 2. The Morgan fingerprint density at radius 3 is 3.00 bits per heavy atom. The van der Waals surface area contributed by atoms with Crippen molar-refractivity contribution in [3.63, 3.8) is 0 Å². The third kappa shape index (κ3) is 4.81. The number of anilines is 1. The standard InChI is InChI=1S/C18H24ClN5O/c1-20-15-6-4-10-23(12-15)13-18(25)22-17-8-9-21-24(17)11-14-5-2-3-7-16(14)19/h2-3,5,7-9,15,20H,4,6,10-13H2,1H3,(H,22,25). The zero-order valence-electron chi connectivity index (χ0n) is 14.4. The number of benzene rings is 1. The van der Waals surface area contributed by atoms with Gasteiger partial charge < -0.3 is 10.6 Å². The summed E-state index contributed by atoms with van der Waals surface area (Å²) in [7, 11) is 1.97. The Bertz CT molecular complexity index is 717. The Kier molecular flexibility index (Phi) is 6.07. The van der Waals surface area contributed by atoms with E-state index in [4.69, 9.17) is 11.6 Å². The number of nitrogens with zero attached hydrogens (tertiary/aromatic N) is 3. The Labute approximate surface area is 153 Å². The van der Waals surface area contributed by atoms with Crippen molar-refractivity contribution in [1.29, 1.82) is 0 Å². The molecule has 1 amide bonds. The van der Waals surface area contributed by atoms with E-state index < -0.39 is 0 Å². The fraction of sp³-hybridized carbons (Fsp3) is 0.444. The zero-order chi connectivity index (χ0) is 17.6. The van der Waals surface area contributed by atoms with E-state index >= 15 is 0 Å². The number of carbonyl (C=O) groups is 1. The van der Waals surface area contributed by atoms with Gasteiger partial charge in [0.2, 0.25) is 5.91 Å². The Hall–Kier alpha value is -1.89. The highest BCUT2D eigenvalue weighted by Crippen LogP contribution is 2.18. The predicted molar refractivity (Wildman–Crippen MR) is 99.9 cm³/mol. The van der Waals surface area contributed by atoms with Crippen LogP contribution in [0.15, 0.2) is 36.5 Å². The van der Waals surface area contributed by atoms with Crippen LogP contribution >= 0.6 is 11.6 Å². The molecule has 3 rings (SSSR count). The summed E-state index contributed by atoms with van der Waals surface area (Å²) in [6.45, 7) is 2.79. The number of halogens is 1. The molecule has 1 unspecified atom stereocenters. The summed E-state index contributed by atoms with van der Waals surface area (Å²) in [5.41, 5.74) is 0.969. The molecule has 134 valence electrons. The fourth-order valence-corrected chi connectivity index (χ4v) is 3.37. The van der Waals surface area contributed by atoms with Crippen LogP contribution in [-0.4, -0.2) is 53.3 Å². The lowest BCUT2D eigenvalue weighted by Gasteiger charge is -2.31. The first-order valence-electron chi connectivity index (χ1n) is 8.60. The van der Waals surface area contributed by atoms with Gasteiger partial charge in [-0.15, -0.1) is 0 Å². The lowest BCUT2D eigenvalue weighted by atomic mass is 10.1. The molecule has 25 heavy (non-hydrogen) atoms. The molecule has 2 N–H and O–H groups in total. The molecule has 1 fully saturated rings. The van der Waals surface area contributed by atoms with Crippen LogP contribution in [0.3, 0.4) is 0 Å². The molecule has 1 saturated heterocycles. The van der Waals surface area contributed by atoms with Crippen LogP contribution in [0.4, 0.5) is 5.82 Å². The van der Waals surface area contributed by atoms with Crippen molar-refractivity contribution in [2.24, 2.45) is 0 Å². The topological polar surface area (TPSA) is 62.2 Å². The maximum absolute atomic E-state index is 12.4. The third-order valence-electron chi connectivity index (χ3n) is 4.54. The van der Waals surface area contributed by atoms with E-state index in [1.165, 1.54) is 6.42 Å². The number of hydrogen-bond acceptors (Lipinski definition) is 4. The van der Waals surface area contributed by atoms with Crippen molar-refractivity contribution < 1.29 is 4.79 Å². The highest BCUT2D eigenvalue weighted by molar-refractivity contribution is 6.31. The summed E-state index contributed by atoms with van der Waals surface area (Å²) in [4.78, 5) is 14.6. The first-order valence-corrected chi connectivity index (χ1v) is 8.98. The molecule has 0 radical (unpaired) electrons. The molecule has 2 aromatic rings. The van der Waals surface area contributed by atoms with Gasteiger partial charge in [-0.2, -0.15) is 5.10 Å². The van der Waals surface area contributed by atoms with Crippen molar-refractivity contribution >= 4 is 23.3 Å². The number of rotatable bonds is 6. The lowest BCUT2D eigenvalue weighted by molar-refractivity contribution is -0.117. The zero-order valence-corrected chi connectivity index (χ0v) is 15.2. The van der Waals surface area contributed by atoms with Gasteiger partial charge in [0.25, 0.3) is 0 Å². The maximum Gasteiger partial charge on any atom is 0.239 e. The van der Waals surface area contributed by atoms with Gasteiger partial charge in [-0.3, -0.25) is 9.69 Å². The summed E-state index contributed by atoms with van der Waals surface area (Å²) >= 11 is 6.21. The number of amides is 1. The molecular weight excluding hydrogens is 338 g/mol. The van der Waals surface area contributed by atoms with Crippen LogP contribution in [0.1, 0.15) is 18.4 Å². The number of piperidine rings is 1. The van der Waals surface area contributed by atoms with Crippen molar-refractivity contribution in [3.05, 3.63) is 47.1 Å². The molecule has 1 atom stereocenters. The van der Waals surface area contributed by atoms with Crippen LogP contribution in [-0.2, 0) is 11.3 Å². The van der Waals surface area contributed by atoms with Crippen LogP contribution in [0.5, 0.6) is 0 Å². The van der Waals surface area contributed by atoms with Crippen LogP contribution in [0, 0.1) is 0 Å². The van der Waals surface area contributed by atoms with Gasteiger partial charge in [-0.1, -0.05) is 29.8 Å². The molecule has 2 heterocycles. The van der Waals surface area contributed by atoms with Gasteiger partial charge in [0, 0.05) is 23.7 Å². The van der Waals surface area contributed by atoms with E-state index in [1.807, 2.05) is 31.3 Å². The minimum atomic E-state index is -0.0161. The van der Waals surface area contributed by atoms with Gasteiger partial charge in [-0.05, 0) is 38.1 Å². The minimum absolute atomic E-state index is 0.0161. The molecule has 7 heteroatoms. The molecule has 1 aromatic heterocycles. The number of carbonyl (C=O) groups excluding carboxylic acids is 1. The van der Waals surface area contributed by atoms with Crippen molar-refractivity contribution in [2.45, 2.75) is 25.4 Å². The van der Waals surface area contributed by atoms with E-state index in [1.54, 1.807) is 16.9 Å². The lowest BCUT2D eigenvalue weighted by Crippen LogP contribution is -2.47. The second kappa shape index (κ2) is 8.47. The molecule has 1 aliphatic rings.